The van der Waals surface area contributed by atoms with Crippen LogP contribution in [0.15, 0.2) is 46.6 Å². The Morgan fingerprint density at radius 3 is 2.62 bits per heavy atom. The lowest BCUT2D eigenvalue weighted by molar-refractivity contribution is -0.162. The zero-order valence-corrected chi connectivity index (χ0v) is 23.3. The van der Waals surface area contributed by atoms with E-state index in [1.807, 2.05) is 27.7 Å². The lowest BCUT2D eigenvalue weighted by atomic mass is 9.81. The van der Waals surface area contributed by atoms with Gasteiger partial charge in [-0.25, -0.2) is 9.78 Å². The average molecular weight is 542 g/mol. The second-order valence-electron chi connectivity index (χ2n) is 11.3. The minimum absolute atomic E-state index is 0.00648. The minimum Gasteiger partial charge on any atom is -0.460 e. The molecule has 3 rings (SSSR count). The third kappa shape index (κ3) is 8.48. The first-order valence-corrected chi connectivity index (χ1v) is 13.3. The molecular formula is C29H39N3O7. The van der Waals surface area contributed by atoms with Crippen LogP contribution in [0.5, 0.6) is 0 Å². The van der Waals surface area contributed by atoms with Gasteiger partial charge < -0.3 is 24.5 Å². The molecule has 2 amide bonds. The summed E-state index contributed by atoms with van der Waals surface area (Å²) in [6.07, 6.45) is 8.56. The van der Waals surface area contributed by atoms with Crippen molar-refractivity contribution < 1.29 is 33.4 Å². The highest BCUT2D eigenvalue weighted by Gasteiger charge is 2.40. The Morgan fingerprint density at radius 1 is 1.15 bits per heavy atom. The summed E-state index contributed by atoms with van der Waals surface area (Å²) in [5, 5.41) is 13.0. The molecule has 39 heavy (non-hydrogen) atoms. The van der Waals surface area contributed by atoms with Crippen LogP contribution in [0.25, 0.3) is 0 Å². The fraction of sp³-hybridized carbons (Fsp3) is 0.552. The quantitative estimate of drug-likeness (QED) is 0.478. The monoisotopic (exact) mass is 541 g/mol. The van der Waals surface area contributed by atoms with E-state index in [-0.39, 0.29) is 48.6 Å². The predicted octanol–water partition coefficient (Wildman–Crippen LogP) is 2.92. The molecule has 0 radical (unpaired) electrons. The van der Waals surface area contributed by atoms with Gasteiger partial charge in [0.05, 0.1) is 12.5 Å². The number of rotatable bonds is 0. The van der Waals surface area contributed by atoms with Crippen molar-refractivity contribution >= 4 is 23.6 Å². The van der Waals surface area contributed by atoms with Crippen LogP contribution in [-0.4, -0.2) is 69.9 Å². The summed E-state index contributed by atoms with van der Waals surface area (Å²) in [5.41, 5.74) is 0.304. The highest BCUT2D eigenvalue weighted by Crippen LogP contribution is 2.31. The van der Waals surface area contributed by atoms with Crippen molar-refractivity contribution in [2.45, 2.75) is 78.6 Å². The van der Waals surface area contributed by atoms with Crippen LogP contribution in [-0.2, 0) is 25.5 Å². The molecule has 4 atom stereocenters. The molecule has 0 aliphatic carbocycles. The van der Waals surface area contributed by atoms with Gasteiger partial charge in [0, 0.05) is 25.4 Å². The number of oxazole rings is 1. The fourth-order valence-corrected chi connectivity index (χ4v) is 4.86. The molecule has 0 aromatic carbocycles. The summed E-state index contributed by atoms with van der Waals surface area (Å²) in [5.74, 6) is -1.79. The Balaban J connectivity index is 1.88. The number of nitrogens with one attached hydrogen (secondary N) is 1. The second-order valence-corrected chi connectivity index (χ2v) is 11.3. The van der Waals surface area contributed by atoms with Crippen LogP contribution < -0.4 is 5.32 Å². The zero-order chi connectivity index (χ0) is 28.7. The van der Waals surface area contributed by atoms with Crippen molar-refractivity contribution in [3.63, 3.8) is 0 Å². The average Bonchev–Trinajstić information content (AvgIpc) is 3.51. The number of carbonyl (C=O) groups excluding carboxylic acids is 4. The molecule has 2 bridgehead atoms. The van der Waals surface area contributed by atoms with Crippen LogP contribution in [0.4, 0.5) is 0 Å². The van der Waals surface area contributed by atoms with E-state index in [4.69, 9.17) is 9.15 Å². The number of nitrogens with zero attached hydrogens (tertiary/aromatic N) is 2. The lowest BCUT2D eigenvalue weighted by Crippen LogP contribution is -2.45. The standard InChI is InChI=1S/C29H39N3O7/c1-18-8-6-12-30-24(35)11-10-19(2)26(29(3,4)5)39-28(37)23-9-7-13-32(23)27(36)22-17-38-25(31-22)16-21(34)15-20(33)14-18/h6,8,10-11,14,17,19-20,23,26,33H,7,9,12-13,15-16H2,1-5H3,(H,30,35)/b8-6+,11-10+,18-14+/t19-,20-,23-,26+/m1/s1. The molecule has 0 spiro atoms. The molecule has 0 saturated carbocycles. The Morgan fingerprint density at radius 2 is 1.90 bits per heavy atom. The Bertz CT molecular complexity index is 1160. The van der Waals surface area contributed by atoms with Gasteiger partial charge in [-0.1, -0.05) is 57.6 Å². The highest BCUT2D eigenvalue weighted by atomic mass is 16.5. The molecule has 212 valence electrons. The van der Waals surface area contributed by atoms with E-state index < -0.39 is 35.5 Å². The number of aliphatic hydroxyl groups is 1. The Hall–Kier alpha value is -3.53. The normalized spacial score (nSPS) is 29.6. The van der Waals surface area contributed by atoms with Gasteiger partial charge in [0.2, 0.25) is 11.8 Å². The molecule has 2 aliphatic heterocycles. The highest BCUT2D eigenvalue weighted by molar-refractivity contribution is 5.95. The number of aromatic nitrogens is 1. The number of hydrogen-bond donors (Lipinski definition) is 2. The van der Waals surface area contributed by atoms with E-state index in [1.165, 1.54) is 17.2 Å². The number of allylic oxidation sites excluding steroid dienone is 2. The summed E-state index contributed by atoms with van der Waals surface area (Å²) >= 11 is 0. The van der Waals surface area contributed by atoms with Gasteiger partial charge in [-0.05, 0) is 31.3 Å². The molecule has 2 aliphatic rings. The first kappa shape index (κ1) is 30.0. The van der Waals surface area contributed by atoms with Gasteiger partial charge >= 0.3 is 5.97 Å². The van der Waals surface area contributed by atoms with Crippen LogP contribution in [0.2, 0.25) is 0 Å². The summed E-state index contributed by atoms with van der Waals surface area (Å²) < 4.78 is 11.3. The maximum atomic E-state index is 13.3. The molecule has 1 fully saturated rings. The Kier molecular flexibility index (Phi) is 10.0. The fourth-order valence-electron chi connectivity index (χ4n) is 4.86. The number of cyclic esters (lactones) is 1. The maximum Gasteiger partial charge on any atom is 0.329 e. The van der Waals surface area contributed by atoms with Crippen LogP contribution in [0.1, 0.15) is 70.3 Å². The molecule has 2 N–H and O–H groups in total. The van der Waals surface area contributed by atoms with E-state index in [0.29, 0.717) is 19.4 Å². The van der Waals surface area contributed by atoms with Gasteiger partial charge in [-0.2, -0.15) is 0 Å². The summed E-state index contributed by atoms with van der Waals surface area (Å²) in [4.78, 5) is 56.9. The number of ether oxygens (including phenoxy) is 1. The van der Waals surface area contributed by atoms with Gasteiger partial charge in [-0.15, -0.1) is 0 Å². The summed E-state index contributed by atoms with van der Waals surface area (Å²) in [7, 11) is 0. The van der Waals surface area contributed by atoms with Gasteiger partial charge in [0.1, 0.15) is 24.2 Å². The van der Waals surface area contributed by atoms with Crippen LogP contribution in [0.3, 0.4) is 0 Å². The van der Waals surface area contributed by atoms with E-state index in [1.54, 1.807) is 31.2 Å². The molecular weight excluding hydrogens is 502 g/mol. The second kappa shape index (κ2) is 13.0. The maximum absolute atomic E-state index is 13.3. The van der Waals surface area contributed by atoms with E-state index in [2.05, 4.69) is 10.3 Å². The third-order valence-electron chi connectivity index (χ3n) is 6.70. The van der Waals surface area contributed by atoms with E-state index >= 15 is 0 Å². The lowest BCUT2D eigenvalue weighted by Gasteiger charge is -2.35. The van der Waals surface area contributed by atoms with Crippen molar-refractivity contribution in [3.8, 4) is 0 Å². The van der Waals surface area contributed by atoms with Crippen LogP contribution in [0, 0.1) is 11.3 Å². The van der Waals surface area contributed by atoms with Crippen molar-refractivity contribution in [3.05, 3.63) is 53.8 Å². The SMILES string of the molecule is CC1=C\[C@@H](O)CC(=O)Cc2nc(co2)C(=O)N2CCC[C@@H]2C(=O)O[C@H](C(C)(C)C)[C@H](C)/C=C/C(=O)NC\C=C\1. The van der Waals surface area contributed by atoms with Crippen LogP contribution >= 0.6 is 0 Å². The molecule has 10 nitrogen and oxygen atoms in total. The zero-order valence-electron chi connectivity index (χ0n) is 23.3. The van der Waals surface area contributed by atoms with Crippen molar-refractivity contribution in [2.75, 3.05) is 13.1 Å². The summed E-state index contributed by atoms with van der Waals surface area (Å²) in [6, 6.07) is -0.776. The molecule has 10 heteroatoms. The van der Waals surface area contributed by atoms with Gasteiger partial charge in [-0.3, -0.25) is 14.4 Å². The number of aliphatic hydroxyl groups excluding tert-OH is 1. The molecule has 1 saturated heterocycles. The first-order chi connectivity index (χ1) is 18.3. The van der Waals surface area contributed by atoms with Crippen molar-refractivity contribution in [2.24, 2.45) is 11.3 Å². The minimum atomic E-state index is -1.01. The number of amides is 2. The number of ketones is 1. The topological polar surface area (TPSA) is 139 Å². The van der Waals surface area contributed by atoms with E-state index in [0.717, 1.165) is 5.57 Å². The number of Topliss-reactive ketones (excluding diaryl/α,β-unsaturated/α-hetero) is 1. The third-order valence-corrected chi connectivity index (χ3v) is 6.70. The molecule has 1 aromatic rings. The number of esters is 1. The Labute approximate surface area is 229 Å². The number of carbonyl (C=O) groups is 4. The largest absolute Gasteiger partial charge is 0.460 e. The smallest absolute Gasteiger partial charge is 0.329 e. The molecule has 3 heterocycles. The number of hydrogen-bond acceptors (Lipinski definition) is 8. The van der Waals surface area contributed by atoms with Crippen molar-refractivity contribution in [1.29, 1.82) is 0 Å². The summed E-state index contributed by atoms with van der Waals surface area (Å²) in [6.45, 7) is 10.2. The number of fused-ring (bicyclic) bond motifs is 3. The van der Waals surface area contributed by atoms with Crippen molar-refractivity contribution in [1.82, 2.24) is 15.2 Å². The predicted molar refractivity (Wildman–Crippen MR) is 143 cm³/mol. The first-order valence-electron chi connectivity index (χ1n) is 13.3. The molecule has 0 unspecified atom stereocenters. The van der Waals surface area contributed by atoms with E-state index in [9.17, 15) is 24.3 Å². The molecule has 1 aromatic heterocycles. The van der Waals surface area contributed by atoms with Gasteiger partial charge in [0.25, 0.3) is 5.91 Å². The van der Waals surface area contributed by atoms with Gasteiger partial charge in [0.15, 0.2) is 5.69 Å².